The van der Waals surface area contributed by atoms with Gasteiger partial charge in [-0.3, -0.25) is 19.8 Å². The van der Waals surface area contributed by atoms with E-state index in [0.29, 0.717) is 5.92 Å². The Morgan fingerprint density at radius 1 is 1.23 bits per heavy atom. The van der Waals surface area contributed by atoms with Crippen LogP contribution >= 0.6 is 0 Å². The van der Waals surface area contributed by atoms with E-state index in [-0.39, 0.29) is 11.8 Å². The van der Waals surface area contributed by atoms with Gasteiger partial charge in [0.05, 0.1) is 23.3 Å². The van der Waals surface area contributed by atoms with Crippen LogP contribution in [0.3, 0.4) is 0 Å². The first kappa shape index (κ1) is 17.2. The molecule has 0 aromatic carbocycles. The lowest BCUT2D eigenvalue weighted by molar-refractivity contribution is -0.119. The predicted molar refractivity (Wildman–Crippen MR) is 101 cm³/mol. The van der Waals surface area contributed by atoms with Gasteiger partial charge in [-0.1, -0.05) is 18.9 Å². The van der Waals surface area contributed by atoms with E-state index in [2.05, 4.69) is 31.5 Å². The van der Waals surface area contributed by atoms with Crippen molar-refractivity contribution in [3.05, 3.63) is 42.0 Å². The molecule has 1 aliphatic heterocycles. The van der Waals surface area contributed by atoms with Crippen LogP contribution < -0.4 is 5.32 Å². The van der Waals surface area contributed by atoms with Gasteiger partial charge in [-0.05, 0) is 44.4 Å². The Bertz CT molecular complexity index is 723. The first-order chi connectivity index (χ1) is 12.8. The number of piperidine rings is 1. The standard InChI is InChI=1S/C20H27N5O/c26-20(15-6-1-2-7-15)23-18-12-22-24-19(18)16-8-5-11-25(13-16)14-17-9-3-4-10-21-17/h3-4,9-10,12,15-16H,1-2,5-8,11,13-14H2,(H,22,24)(H,23,26). The molecule has 2 N–H and O–H groups in total. The molecule has 2 aromatic rings. The van der Waals surface area contributed by atoms with Crippen molar-refractivity contribution in [3.63, 3.8) is 0 Å². The summed E-state index contributed by atoms with van der Waals surface area (Å²) in [6.07, 6.45) is 10.2. The molecule has 2 fully saturated rings. The largest absolute Gasteiger partial charge is 0.323 e. The fraction of sp³-hybridized carbons (Fsp3) is 0.550. The quantitative estimate of drug-likeness (QED) is 0.865. The van der Waals surface area contributed by atoms with Gasteiger partial charge >= 0.3 is 0 Å². The Kier molecular flexibility index (Phi) is 5.29. The molecule has 1 saturated heterocycles. The molecule has 138 valence electrons. The molecule has 1 unspecified atom stereocenters. The zero-order valence-electron chi connectivity index (χ0n) is 15.2. The van der Waals surface area contributed by atoms with Gasteiger partial charge < -0.3 is 5.32 Å². The van der Waals surface area contributed by atoms with Crippen LogP contribution in [0.25, 0.3) is 0 Å². The number of likely N-dealkylation sites (tertiary alicyclic amines) is 1. The predicted octanol–water partition coefficient (Wildman–Crippen LogP) is 3.31. The molecular weight excluding hydrogens is 326 g/mol. The lowest BCUT2D eigenvalue weighted by atomic mass is 9.93. The van der Waals surface area contributed by atoms with Crippen LogP contribution in [-0.2, 0) is 11.3 Å². The monoisotopic (exact) mass is 353 g/mol. The van der Waals surface area contributed by atoms with Crippen LogP contribution in [0, 0.1) is 5.92 Å². The maximum atomic E-state index is 12.5. The van der Waals surface area contributed by atoms with Gasteiger partial charge in [0.25, 0.3) is 0 Å². The molecule has 0 bridgehead atoms. The van der Waals surface area contributed by atoms with Crippen LogP contribution in [0.1, 0.15) is 55.8 Å². The highest BCUT2D eigenvalue weighted by atomic mass is 16.1. The Morgan fingerprint density at radius 2 is 2.12 bits per heavy atom. The summed E-state index contributed by atoms with van der Waals surface area (Å²) in [5.41, 5.74) is 3.04. The van der Waals surface area contributed by atoms with E-state index in [1.165, 1.54) is 12.8 Å². The second kappa shape index (κ2) is 7.99. The maximum absolute atomic E-state index is 12.5. The number of pyridine rings is 1. The van der Waals surface area contributed by atoms with Crippen LogP contribution in [0.2, 0.25) is 0 Å². The number of carbonyl (C=O) groups excluding carboxylic acids is 1. The van der Waals surface area contributed by atoms with Crippen molar-refractivity contribution in [2.24, 2.45) is 5.92 Å². The van der Waals surface area contributed by atoms with E-state index in [1.807, 2.05) is 18.3 Å². The van der Waals surface area contributed by atoms with Crippen LogP contribution in [-0.4, -0.2) is 39.1 Å². The van der Waals surface area contributed by atoms with Crippen molar-refractivity contribution in [3.8, 4) is 0 Å². The number of nitrogens with zero attached hydrogens (tertiary/aromatic N) is 3. The molecule has 1 saturated carbocycles. The third-order valence-electron chi connectivity index (χ3n) is 5.68. The summed E-state index contributed by atoms with van der Waals surface area (Å²) in [5, 5.41) is 10.5. The van der Waals surface area contributed by atoms with E-state index < -0.39 is 0 Å². The number of hydrogen-bond acceptors (Lipinski definition) is 4. The van der Waals surface area contributed by atoms with Crippen molar-refractivity contribution in [1.82, 2.24) is 20.1 Å². The summed E-state index contributed by atoms with van der Waals surface area (Å²) in [6.45, 7) is 2.92. The Balaban J connectivity index is 1.41. The van der Waals surface area contributed by atoms with E-state index in [0.717, 1.165) is 62.4 Å². The molecule has 2 aromatic heterocycles. The smallest absolute Gasteiger partial charge is 0.227 e. The van der Waals surface area contributed by atoms with Crippen LogP contribution in [0.15, 0.2) is 30.6 Å². The number of hydrogen-bond donors (Lipinski definition) is 2. The van der Waals surface area contributed by atoms with Crippen molar-refractivity contribution in [1.29, 1.82) is 0 Å². The molecule has 0 radical (unpaired) electrons. The number of carbonyl (C=O) groups is 1. The summed E-state index contributed by atoms with van der Waals surface area (Å²) in [7, 11) is 0. The summed E-state index contributed by atoms with van der Waals surface area (Å²) < 4.78 is 0. The lowest BCUT2D eigenvalue weighted by Gasteiger charge is -2.32. The first-order valence-electron chi connectivity index (χ1n) is 9.76. The number of rotatable bonds is 5. The number of amides is 1. The molecule has 0 spiro atoms. The van der Waals surface area contributed by atoms with E-state index in [9.17, 15) is 4.79 Å². The molecule has 26 heavy (non-hydrogen) atoms. The minimum Gasteiger partial charge on any atom is -0.323 e. The van der Waals surface area contributed by atoms with E-state index >= 15 is 0 Å². The van der Waals surface area contributed by atoms with Gasteiger partial charge in [-0.15, -0.1) is 0 Å². The Labute approximate surface area is 154 Å². The first-order valence-corrected chi connectivity index (χ1v) is 9.76. The second-order valence-corrected chi connectivity index (χ2v) is 7.56. The van der Waals surface area contributed by atoms with Gasteiger partial charge in [-0.25, -0.2) is 0 Å². The summed E-state index contributed by atoms with van der Waals surface area (Å²) >= 11 is 0. The molecule has 6 nitrogen and oxygen atoms in total. The fourth-order valence-corrected chi connectivity index (χ4v) is 4.29. The van der Waals surface area contributed by atoms with Gasteiger partial charge in [0, 0.05) is 31.1 Å². The Morgan fingerprint density at radius 3 is 2.92 bits per heavy atom. The second-order valence-electron chi connectivity index (χ2n) is 7.56. The zero-order valence-corrected chi connectivity index (χ0v) is 15.2. The lowest BCUT2D eigenvalue weighted by Crippen LogP contribution is -2.34. The number of aromatic amines is 1. The van der Waals surface area contributed by atoms with Gasteiger partial charge in [0.15, 0.2) is 0 Å². The van der Waals surface area contributed by atoms with Gasteiger partial charge in [-0.2, -0.15) is 5.10 Å². The van der Waals surface area contributed by atoms with Crippen molar-refractivity contribution in [2.45, 2.75) is 51.0 Å². The molecule has 2 aliphatic rings. The number of H-pyrrole nitrogens is 1. The average Bonchev–Trinajstić information content (AvgIpc) is 3.35. The maximum Gasteiger partial charge on any atom is 0.227 e. The molecular formula is C20H27N5O. The summed E-state index contributed by atoms with van der Waals surface area (Å²) in [6, 6.07) is 6.06. The SMILES string of the molecule is O=C(Nc1cn[nH]c1C1CCCN(Cc2ccccn2)C1)C1CCCC1. The zero-order chi connectivity index (χ0) is 17.8. The molecule has 1 amide bonds. The fourth-order valence-electron chi connectivity index (χ4n) is 4.29. The van der Waals surface area contributed by atoms with Crippen molar-refractivity contribution >= 4 is 11.6 Å². The summed E-state index contributed by atoms with van der Waals surface area (Å²) in [4.78, 5) is 19.4. The molecule has 3 heterocycles. The third-order valence-corrected chi connectivity index (χ3v) is 5.68. The number of nitrogens with one attached hydrogen (secondary N) is 2. The third kappa shape index (κ3) is 3.96. The molecule has 4 rings (SSSR count). The highest BCUT2D eigenvalue weighted by molar-refractivity contribution is 5.93. The minimum absolute atomic E-state index is 0.159. The highest BCUT2D eigenvalue weighted by Gasteiger charge is 2.27. The van der Waals surface area contributed by atoms with Crippen molar-refractivity contribution in [2.75, 3.05) is 18.4 Å². The average molecular weight is 353 g/mol. The topological polar surface area (TPSA) is 73.9 Å². The van der Waals surface area contributed by atoms with E-state index in [4.69, 9.17) is 0 Å². The highest BCUT2D eigenvalue weighted by Crippen LogP contribution is 2.32. The van der Waals surface area contributed by atoms with Gasteiger partial charge in [0.2, 0.25) is 5.91 Å². The van der Waals surface area contributed by atoms with Crippen LogP contribution in [0.5, 0.6) is 0 Å². The summed E-state index contributed by atoms with van der Waals surface area (Å²) in [5.74, 6) is 0.699. The van der Waals surface area contributed by atoms with Crippen molar-refractivity contribution < 1.29 is 4.79 Å². The normalized spacial score (nSPS) is 21.8. The Hall–Kier alpha value is -2.21. The molecule has 1 atom stereocenters. The number of anilines is 1. The van der Waals surface area contributed by atoms with E-state index in [1.54, 1.807) is 6.20 Å². The molecule has 6 heteroatoms. The number of aromatic nitrogens is 3. The van der Waals surface area contributed by atoms with Gasteiger partial charge in [0.1, 0.15) is 0 Å². The minimum atomic E-state index is 0.159. The molecule has 1 aliphatic carbocycles. The van der Waals surface area contributed by atoms with Crippen LogP contribution in [0.4, 0.5) is 5.69 Å².